The molecule has 0 spiro atoms. The minimum Gasteiger partial charge on any atom is -0.271 e. The van der Waals surface area contributed by atoms with Gasteiger partial charge in [-0.3, -0.25) is 11.3 Å². The number of halogens is 2. The predicted molar refractivity (Wildman–Crippen MR) is 72.7 cm³/mol. The highest BCUT2D eigenvalue weighted by Gasteiger charge is 2.25. The predicted octanol–water partition coefficient (Wildman–Crippen LogP) is 3.95. The lowest BCUT2D eigenvalue weighted by Crippen LogP contribution is -2.33. The summed E-state index contributed by atoms with van der Waals surface area (Å²) in [5.74, 6) is 5.74. The van der Waals surface area contributed by atoms with Crippen molar-refractivity contribution in [1.82, 2.24) is 5.43 Å². The van der Waals surface area contributed by atoms with E-state index in [1.54, 1.807) is 6.07 Å². The van der Waals surface area contributed by atoms with Crippen molar-refractivity contribution in [1.29, 1.82) is 0 Å². The molecule has 0 saturated heterocycles. The molecule has 0 radical (unpaired) electrons. The Hall–Kier alpha value is -0.640. The van der Waals surface area contributed by atoms with Gasteiger partial charge in [-0.05, 0) is 30.4 Å². The molecule has 18 heavy (non-hydrogen) atoms. The summed E-state index contributed by atoms with van der Waals surface area (Å²) in [6.45, 7) is 0. The molecule has 1 aromatic carbocycles. The van der Waals surface area contributed by atoms with Crippen LogP contribution in [0.3, 0.4) is 0 Å². The van der Waals surface area contributed by atoms with Crippen molar-refractivity contribution in [3.05, 3.63) is 34.6 Å². The average molecular weight is 271 g/mol. The van der Waals surface area contributed by atoms with Gasteiger partial charge in [0.25, 0.3) is 0 Å². The lowest BCUT2D eigenvalue weighted by molar-refractivity contribution is 0.328. The second kappa shape index (κ2) is 6.50. The van der Waals surface area contributed by atoms with E-state index in [0.717, 1.165) is 18.4 Å². The summed E-state index contributed by atoms with van der Waals surface area (Å²) in [6, 6.07) is 4.89. The minimum atomic E-state index is -0.372. The third-order valence-corrected chi connectivity index (χ3v) is 4.27. The third kappa shape index (κ3) is 3.02. The van der Waals surface area contributed by atoms with Crippen LogP contribution in [-0.4, -0.2) is 0 Å². The molecular weight excluding hydrogens is 251 g/mol. The molecule has 1 aliphatic rings. The molecule has 100 valence electrons. The molecule has 1 atom stereocenters. The maximum Gasteiger partial charge on any atom is 0.142 e. The summed E-state index contributed by atoms with van der Waals surface area (Å²) in [5, 5.41) is 0.199. The van der Waals surface area contributed by atoms with Gasteiger partial charge in [0.15, 0.2) is 0 Å². The summed E-state index contributed by atoms with van der Waals surface area (Å²) < 4.78 is 13.5. The van der Waals surface area contributed by atoms with Crippen molar-refractivity contribution in [3.8, 4) is 0 Å². The lowest BCUT2D eigenvalue weighted by Gasteiger charge is -2.26. The summed E-state index contributed by atoms with van der Waals surface area (Å²) in [6.07, 6.45) is 7.25. The Kier molecular flexibility index (Phi) is 4.98. The van der Waals surface area contributed by atoms with Gasteiger partial charge in [0.2, 0.25) is 0 Å². The normalized spacial score (nSPS) is 19.5. The second-order valence-corrected chi connectivity index (χ2v) is 5.42. The maximum atomic E-state index is 13.5. The lowest BCUT2D eigenvalue weighted by atomic mass is 9.87. The van der Waals surface area contributed by atoms with Crippen molar-refractivity contribution < 1.29 is 4.39 Å². The van der Waals surface area contributed by atoms with Gasteiger partial charge in [0.1, 0.15) is 5.82 Å². The van der Waals surface area contributed by atoms with Crippen LogP contribution in [-0.2, 0) is 0 Å². The van der Waals surface area contributed by atoms with E-state index in [-0.39, 0.29) is 16.9 Å². The van der Waals surface area contributed by atoms with Crippen molar-refractivity contribution in [2.45, 2.75) is 44.6 Å². The molecule has 1 fully saturated rings. The number of benzene rings is 1. The van der Waals surface area contributed by atoms with Crippen LogP contribution in [0.1, 0.15) is 50.1 Å². The minimum absolute atomic E-state index is 0.0497. The van der Waals surface area contributed by atoms with Crippen molar-refractivity contribution in [3.63, 3.8) is 0 Å². The molecule has 0 heterocycles. The molecule has 0 amide bonds. The van der Waals surface area contributed by atoms with Gasteiger partial charge in [-0.25, -0.2) is 4.39 Å². The van der Waals surface area contributed by atoms with Gasteiger partial charge in [-0.2, -0.15) is 0 Å². The quantitative estimate of drug-likeness (QED) is 0.496. The largest absolute Gasteiger partial charge is 0.271 e. The van der Waals surface area contributed by atoms with Gasteiger partial charge in [-0.15, -0.1) is 0 Å². The van der Waals surface area contributed by atoms with E-state index in [9.17, 15) is 4.39 Å². The first-order chi connectivity index (χ1) is 8.74. The fourth-order valence-electron chi connectivity index (χ4n) is 2.88. The Bertz CT molecular complexity index is 389. The van der Waals surface area contributed by atoms with Crippen LogP contribution in [0, 0.1) is 11.7 Å². The topological polar surface area (TPSA) is 38.0 Å². The number of nitrogens with two attached hydrogens (primary N) is 1. The van der Waals surface area contributed by atoms with E-state index in [1.165, 1.54) is 31.7 Å². The summed E-state index contributed by atoms with van der Waals surface area (Å²) in [7, 11) is 0. The summed E-state index contributed by atoms with van der Waals surface area (Å²) in [5.41, 5.74) is 3.62. The van der Waals surface area contributed by atoms with Crippen molar-refractivity contribution in [2.75, 3.05) is 0 Å². The van der Waals surface area contributed by atoms with Crippen LogP contribution < -0.4 is 11.3 Å². The van der Waals surface area contributed by atoms with Crippen molar-refractivity contribution >= 4 is 11.6 Å². The first-order valence-electron chi connectivity index (χ1n) is 6.64. The van der Waals surface area contributed by atoms with E-state index in [4.69, 9.17) is 17.4 Å². The highest BCUT2D eigenvalue weighted by molar-refractivity contribution is 6.31. The molecule has 0 bridgehead atoms. The molecular formula is C14H20ClFN2. The van der Waals surface area contributed by atoms with Crippen LogP contribution in [0.4, 0.5) is 4.39 Å². The Morgan fingerprint density at radius 2 is 1.89 bits per heavy atom. The van der Waals surface area contributed by atoms with Crippen LogP contribution >= 0.6 is 11.6 Å². The zero-order valence-corrected chi connectivity index (χ0v) is 11.2. The number of rotatable bonds is 3. The molecule has 1 aromatic rings. The van der Waals surface area contributed by atoms with Crippen LogP contribution in [0.15, 0.2) is 18.2 Å². The zero-order chi connectivity index (χ0) is 13.0. The molecule has 2 rings (SSSR count). The van der Waals surface area contributed by atoms with E-state index in [1.807, 2.05) is 6.07 Å². The molecule has 0 aromatic heterocycles. The fraction of sp³-hybridized carbons (Fsp3) is 0.571. The Morgan fingerprint density at radius 3 is 2.50 bits per heavy atom. The van der Waals surface area contributed by atoms with Gasteiger partial charge in [0, 0.05) is 0 Å². The number of nitrogens with one attached hydrogen (secondary N) is 1. The second-order valence-electron chi connectivity index (χ2n) is 5.04. The van der Waals surface area contributed by atoms with Crippen LogP contribution in [0.5, 0.6) is 0 Å². The number of hydrogen-bond donors (Lipinski definition) is 2. The van der Waals surface area contributed by atoms with E-state index in [0.29, 0.717) is 5.92 Å². The molecule has 3 N–H and O–H groups in total. The van der Waals surface area contributed by atoms with Crippen LogP contribution in [0.2, 0.25) is 5.02 Å². The standard InChI is InChI=1S/C14H20ClFN2/c15-13-11(8-5-9-12(13)16)14(18-17)10-6-3-1-2-4-7-10/h5,8-10,14,18H,1-4,6-7,17H2. The van der Waals surface area contributed by atoms with Gasteiger partial charge in [-0.1, -0.05) is 49.4 Å². The van der Waals surface area contributed by atoms with Gasteiger partial charge in [0.05, 0.1) is 11.1 Å². The SMILES string of the molecule is NNC(c1cccc(F)c1Cl)C1CCCCCC1. The molecule has 4 heteroatoms. The van der Waals surface area contributed by atoms with Gasteiger partial charge < -0.3 is 0 Å². The summed E-state index contributed by atoms with van der Waals surface area (Å²) in [4.78, 5) is 0. The van der Waals surface area contributed by atoms with Crippen molar-refractivity contribution in [2.24, 2.45) is 11.8 Å². The molecule has 1 unspecified atom stereocenters. The third-order valence-electron chi connectivity index (χ3n) is 3.87. The monoisotopic (exact) mass is 270 g/mol. The highest BCUT2D eigenvalue weighted by Crippen LogP contribution is 2.36. The Labute approximate surface area is 113 Å². The Balaban J connectivity index is 2.23. The van der Waals surface area contributed by atoms with Gasteiger partial charge >= 0.3 is 0 Å². The first kappa shape index (κ1) is 13.8. The maximum absolute atomic E-state index is 13.5. The fourth-order valence-corrected chi connectivity index (χ4v) is 3.13. The first-order valence-corrected chi connectivity index (χ1v) is 7.02. The summed E-state index contributed by atoms with van der Waals surface area (Å²) >= 11 is 6.06. The van der Waals surface area contributed by atoms with E-state index in [2.05, 4.69) is 5.43 Å². The van der Waals surface area contributed by atoms with E-state index < -0.39 is 0 Å². The average Bonchev–Trinajstić information content (AvgIpc) is 2.64. The molecule has 2 nitrogen and oxygen atoms in total. The Morgan fingerprint density at radius 1 is 1.22 bits per heavy atom. The molecule has 1 saturated carbocycles. The molecule has 1 aliphatic carbocycles. The number of hydrazine groups is 1. The van der Waals surface area contributed by atoms with E-state index >= 15 is 0 Å². The highest BCUT2D eigenvalue weighted by atomic mass is 35.5. The smallest absolute Gasteiger partial charge is 0.142 e. The zero-order valence-electron chi connectivity index (χ0n) is 10.5. The molecule has 0 aliphatic heterocycles. The van der Waals surface area contributed by atoms with Crippen LogP contribution in [0.25, 0.3) is 0 Å². The number of hydrogen-bond acceptors (Lipinski definition) is 2.